The lowest BCUT2D eigenvalue weighted by Crippen LogP contribution is -2.02. The molecule has 6 N–H and O–H groups in total. The van der Waals surface area contributed by atoms with Gasteiger partial charge in [0.15, 0.2) is 0 Å². The Morgan fingerprint density at radius 1 is 1.17 bits per heavy atom. The third kappa shape index (κ3) is 300. The molecule has 0 spiro atoms. The van der Waals surface area contributed by atoms with Gasteiger partial charge in [-0.1, -0.05) is 0 Å². The van der Waals surface area contributed by atoms with Crippen LogP contribution in [0.2, 0.25) is 0 Å². The molecule has 40 valence electrons. The lowest BCUT2D eigenvalue weighted by atomic mass is 13.0. The van der Waals surface area contributed by atoms with Gasteiger partial charge >= 0.3 is 11.6 Å². The Labute approximate surface area is 38.2 Å². The van der Waals surface area contributed by atoms with E-state index in [1.165, 1.54) is 0 Å². The second-order valence-electron chi connectivity index (χ2n) is 0.0680. The van der Waals surface area contributed by atoms with Crippen LogP contribution < -0.4 is 11.7 Å². The van der Waals surface area contributed by atoms with Crippen LogP contribution in [0, 0.1) is 0 Å². The van der Waals surface area contributed by atoms with E-state index >= 15 is 0 Å². The Hall–Kier alpha value is -0.300. The molecule has 5 nitrogen and oxygen atoms in total. The first-order valence-electron chi connectivity index (χ1n) is 0.667. The summed E-state index contributed by atoms with van der Waals surface area (Å²) in [6, 6.07) is 0. The largest absolute Gasteiger partial charge is 0.412 e. The number of hydrazine groups is 1. The molecule has 0 heterocycles. The van der Waals surface area contributed by atoms with E-state index in [4.69, 9.17) is 8.42 Å². The zero-order valence-corrected chi connectivity index (χ0v) is 3.70. The summed E-state index contributed by atoms with van der Waals surface area (Å²) in [6.45, 7) is 0. The minimum Gasteiger partial charge on any atom is -0.412 e. The molecule has 0 aromatic carbocycles. The number of hydrogen-bond donors (Lipinski definition) is 2. The molecule has 0 aromatic heterocycles. The van der Waals surface area contributed by atoms with Crippen molar-refractivity contribution in [2.45, 2.75) is 0 Å². The summed E-state index contributed by atoms with van der Waals surface area (Å²) in [5.41, 5.74) is 0. The van der Waals surface area contributed by atoms with Crippen LogP contribution in [0.3, 0.4) is 0 Å². The van der Waals surface area contributed by atoms with Crippen LogP contribution in [0.25, 0.3) is 0 Å². The molecule has 0 atom stereocenters. The number of rotatable bonds is 0. The quantitative estimate of drug-likeness (QED) is 0.263. The molecule has 0 unspecified atom stereocenters. The molecule has 0 aliphatic rings. The predicted octanol–water partition coefficient (Wildman–Crippen LogP) is -2.68. The van der Waals surface area contributed by atoms with Crippen LogP contribution in [0.15, 0.2) is 0 Å². The van der Waals surface area contributed by atoms with E-state index in [1.807, 2.05) is 0 Å². The molecule has 0 aliphatic carbocycles. The maximum Gasteiger partial charge on any atom is 0.335 e. The van der Waals surface area contributed by atoms with Gasteiger partial charge in [-0.25, -0.2) is 0 Å². The van der Waals surface area contributed by atoms with Crippen LogP contribution in [0.1, 0.15) is 0 Å². The average Bonchev–Trinajstić information content (AvgIpc) is 1.46. The standard InChI is InChI=1S/H4N2.O2S.H2O/c1-2;1-3-2;/h1-2H2;;1H2. The zero-order valence-electron chi connectivity index (χ0n) is 2.88. The Morgan fingerprint density at radius 2 is 1.17 bits per heavy atom. The van der Waals surface area contributed by atoms with Gasteiger partial charge in [-0.05, 0) is 0 Å². The molecule has 0 saturated carbocycles. The molecule has 0 aromatic rings. The van der Waals surface area contributed by atoms with Crippen molar-refractivity contribution in [2.24, 2.45) is 11.7 Å². The van der Waals surface area contributed by atoms with Crippen molar-refractivity contribution in [1.82, 2.24) is 0 Å². The fourth-order valence-electron chi connectivity index (χ4n) is 0. The van der Waals surface area contributed by atoms with Crippen molar-refractivity contribution in [3.8, 4) is 0 Å². The summed E-state index contributed by atoms with van der Waals surface area (Å²) in [6.07, 6.45) is 0. The molecule has 0 saturated heterocycles. The number of nitrogens with two attached hydrogens (primary N) is 2. The van der Waals surface area contributed by atoms with Crippen molar-refractivity contribution in [3.05, 3.63) is 0 Å². The van der Waals surface area contributed by atoms with Crippen molar-refractivity contribution < 1.29 is 13.9 Å². The molecule has 6 heavy (non-hydrogen) atoms. The van der Waals surface area contributed by atoms with Crippen LogP contribution in [-0.2, 0) is 11.6 Å². The Balaban J connectivity index is -0.0000000275. The summed E-state index contributed by atoms with van der Waals surface area (Å²) < 4.78 is 16.6. The lowest BCUT2D eigenvalue weighted by Gasteiger charge is -1.27. The third-order valence-electron chi connectivity index (χ3n) is 0. The molecule has 0 bridgehead atoms. The minimum atomic E-state index is -0.750. The van der Waals surface area contributed by atoms with Crippen molar-refractivity contribution in [1.29, 1.82) is 0 Å². The van der Waals surface area contributed by atoms with E-state index < -0.39 is 11.6 Å². The summed E-state index contributed by atoms with van der Waals surface area (Å²) in [4.78, 5) is 0. The van der Waals surface area contributed by atoms with Crippen LogP contribution in [0.4, 0.5) is 0 Å². The zero-order chi connectivity index (χ0) is 4.71. The maximum atomic E-state index is 8.29. The fourth-order valence-corrected chi connectivity index (χ4v) is 0. The van der Waals surface area contributed by atoms with E-state index in [9.17, 15) is 0 Å². The first-order chi connectivity index (χ1) is 2.41. The minimum absolute atomic E-state index is 0. The maximum absolute atomic E-state index is 8.29. The highest BCUT2D eigenvalue weighted by atomic mass is 32.1. The molecule has 0 amide bonds. The second-order valence-corrected chi connectivity index (χ2v) is 0.204. The van der Waals surface area contributed by atoms with Crippen LogP contribution in [0.5, 0.6) is 0 Å². The highest BCUT2D eigenvalue weighted by Gasteiger charge is 1.12. The van der Waals surface area contributed by atoms with Crippen molar-refractivity contribution in [3.63, 3.8) is 0 Å². The van der Waals surface area contributed by atoms with Gasteiger partial charge in [0.25, 0.3) is 0 Å². The highest BCUT2D eigenvalue weighted by Crippen LogP contribution is 0.846. The Kier molecular flexibility index (Phi) is 378. The molecular formula is H6N2O3S. The summed E-state index contributed by atoms with van der Waals surface area (Å²) in [5, 5.41) is 0. The van der Waals surface area contributed by atoms with Gasteiger partial charge in [-0.15, -0.1) is 0 Å². The summed E-state index contributed by atoms with van der Waals surface area (Å²) in [5.74, 6) is 8.00. The van der Waals surface area contributed by atoms with Gasteiger partial charge in [0.05, 0.1) is 0 Å². The van der Waals surface area contributed by atoms with Crippen molar-refractivity contribution in [2.75, 3.05) is 0 Å². The van der Waals surface area contributed by atoms with E-state index in [1.54, 1.807) is 0 Å². The molecule has 0 aliphatic heterocycles. The molecular weight excluding hydrogens is 108 g/mol. The molecule has 6 heteroatoms. The first-order valence-corrected chi connectivity index (χ1v) is 1.33. The van der Waals surface area contributed by atoms with Gasteiger partial charge in [0, 0.05) is 0 Å². The summed E-state index contributed by atoms with van der Waals surface area (Å²) in [7, 11) is 0. The van der Waals surface area contributed by atoms with E-state index in [0.717, 1.165) is 0 Å². The van der Waals surface area contributed by atoms with Gasteiger partial charge < -0.3 is 5.48 Å². The van der Waals surface area contributed by atoms with Crippen molar-refractivity contribution >= 4 is 11.6 Å². The smallest absolute Gasteiger partial charge is 0.335 e. The Morgan fingerprint density at radius 3 is 1.17 bits per heavy atom. The van der Waals surface area contributed by atoms with Gasteiger partial charge in [-0.3, -0.25) is 11.7 Å². The predicted molar refractivity (Wildman–Crippen MR) is 20.9 cm³/mol. The SMILES string of the molecule is NN.O.O=S=O. The Bertz CT molecular complexity index is 29.8. The van der Waals surface area contributed by atoms with Gasteiger partial charge in [-0.2, -0.15) is 8.42 Å². The van der Waals surface area contributed by atoms with Gasteiger partial charge in [0.2, 0.25) is 0 Å². The second kappa shape index (κ2) is 131. The average molecular weight is 114 g/mol. The highest BCUT2D eigenvalue weighted by molar-refractivity contribution is 7.51. The number of hydrogen-bond acceptors (Lipinski definition) is 4. The monoisotopic (exact) mass is 114 g/mol. The van der Waals surface area contributed by atoms with E-state index in [-0.39, 0.29) is 5.48 Å². The van der Waals surface area contributed by atoms with Crippen LogP contribution >= 0.6 is 0 Å². The van der Waals surface area contributed by atoms with Crippen LogP contribution in [-0.4, -0.2) is 13.9 Å². The normalized spacial score (nSPS) is 3.00. The molecule has 0 fully saturated rings. The molecule has 0 rings (SSSR count). The topological polar surface area (TPSA) is 118 Å². The van der Waals surface area contributed by atoms with E-state index in [2.05, 4.69) is 11.7 Å². The fraction of sp³-hybridized carbons (Fsp3) is 0. The summed E-state index contributed by atoms with van der Waals surface area (Å²) >= 11 is -0.750. The molecule has 0 radical (unpaired) electrons. The van der Waals surface area contributed by atoms with E-state index in [0.29, 0.717) is 0 Å². The lowest BCUT2D eigenvalue weighted by molar-refractivity contribution is 0.630. The first kappa shape index (κ1) is 17.3. The van der Waals surface area contributed by atoms with Gasteiger partial charge in [0.1, 0.15) is 0 Å². The third-order valence-corrected chi connectivity index (χ3v) is 0.